The molecule has 1 atom stereocenters. The van der Waals surface area contributed by atoms with E-state index in [0.717, 1.165) is 6.54 Å². The fraction of sp³-hybridized carbons (Fsp3) is 0.750. The fourth-order valence-electron chi connectivity index (χ4n) is 1.01. The molecule has 7 nitrogen and oxygen atoms in total. The predicted octanol–water partition coefficient (Wildman–Crippen LogP) is -0.454. The van der Waals surface area contributed by atoms with E-state index < -0.39 is 0 Å². The van der Waals surface area contributed by atoms with Crippen LogP contribution >= 0.6 is 11.8 Å². The standard InChI is InChI=1S/C8H15N5O2S/c1-6(7(14)15-3)16-8-10-11-12-13(8)5-4-9-2/h6,9H,4-5H2,1-3H3. The number of ether oxygens (including phenoxy) is 1. The molecule has 1 aromatic heterocycles. The van der Waals surface area contributed by atoms with Gasteiger partial charge in [0.1, 0.15) is 5.25 Å². The maximum atomic E-state index is 11.2. The molecule has 0 aliphatic heterocycles. The van der Waals surface area contributed by atoms with Gasteiger partial charge in [0.25, 0.3) is 0 Å². The Kier molecular flexibility index (Phi) is 5.20. The Hall–Kier alpha value is -1.15. The van der Waals surface area contributed by atoms with Crippen LogP contribution in [0.15, 0.2) is 5.16 Å². The number of nitrogens with one attached hydrogen (secondary N) is 1. The molecule has 1 aromatic rings. The van der Waals surface area contributed by atoms with Crippen LogP contribution in [-0.2, 0) is 16.1 Å². The highest BCUT2D eigenvalue weighted by Crippen LogP contribution is 2.20. The van der Waals surface area contributed by atoms with Crippen molar-refractivity contribution in [3.05, 3.63) is 0 Å². The van der Waals surface area contributed by atoms with Gasteiger partial charge >= 0.3 is 5.97 Å². The molecular formula is C8H15N5O2S. The Morgan fingerprint density at radius 2 is 2.44 bits per heavy atom. The molecule has 0 bridgehead atoms. The number of tetrazole rings is 1. The summed E-state index contributed by atoms with van der Waals surface area (Å²) in [7, 11) is 3.22. The van der Waals surface area contributed by atoms with E-state index in [4.69, 9.17) is 0 Å². The second kappa shape index (κ2) is 6.44. The molecule has 1 unspecified atom stereocenters. The van der Waals surface area contributed by atoms with Gasteiger partial charge in [0.15, 0.2) is 0 Å². The van der Waals surface area contributed by atoms with Crippen LogP contribution < -0.4 is 5.32 Å². The first-order chi connectivity index (χ1) is 7.69. The summed E-state index contributed by atoms with van der Waals surface area (Å²) in [4.78, 5) is 11.2. The van der Waals surface area contributed by atoms with E-state index in [9.17, 15) is 4.79 Å². The van der Waals surface area contributed by atoms with Crippen molar-refractivity contribution in [2.75, 3.05) is 20.7 Å². The van der Waals surface area contributed by atoms with E-state index in [2.05, 4.69) is 25.6 Å². The van der Waals surface area contributed by atoms with Crippen molar-refractivity contribution in [2.24, 2.45) is 0 Å². The summed E-state index contributed by atoms with van der Waals surface area (Å²) in [5.74, 6) is -0.284. The third kappa shape index (κ3) is 3.46. The van der Waals surface area contributed by atoms with Gasteiger partial charge < -0.3 is 10.1 Å². The third-order valence-corrected chi connectivity index (χ3v) is 2.94. The molecule has 0 amide bonds. The number of methoxy groups -OCH3 is 1. The number of carbonyl (C=O) groups is 1. The third-order valence-electron chi connectivity index (χ3n) is 1.89. The maximum Gasteiger partial charge on any atom is 0.318 e. The first-order valence-corrected chi connectivity index (χ1v) is 5.72. The average molecular weight is 245 g/mol. The molecular weight excluding hydrogens is 230 g/mol. The zero-order valence-corrected chi connectivity index (χ0v) is 10.3. The van der Waals surface area contributed by atoms with Crippen LogP contribution in [0.5, 0.6) is 0 Å². The van der Waals surface area contributed by atoms with Gasteiger partial charge in [0.2, 0.25) is 5.16 Å². The molecule has 0 aliphatic rings. The minimum atomic E-state index is -0.315. The molecule has 0 saturated heterocycles. The normalized spacial score (nSPS) is 12.4. The summed E-state index contributed by atoms with van der Waals surface area (Å²) < 4.78 is 6.29. The van der Waals surface area contributed by atoms with Crippen LogP contribution in [0.3, 0.4) is 0 Å². The van der Waals surface area contributed by atoms with Crippen molar-refractivity contribution >= 4 is 17.7 Å². The highest BCUT2D eigenvalue weighted by Gasteiger charge is 2.18. The molecule has 0 radical (unpaired) electrons. The topological polar surface area (TPSA) is 81.9 Å². The number of aromatic nitrogens is 4. The second-order valence-corrected chi connectivity index (χ2v) is 4.38. The van der Waals surface area contributed by atoms with Gasteiger partial charge in [-0.05, 0) is 24.4 Å². The average Bonchev–Trinajstić information content (AvgIpc) is 2.72. The molecule has 0 aliphatic carbocycles. The van der Waals surface area contributed by atoms with E-state index in [1.54, 1.807) is 11.6 Å². The first kappa shape index (κ1) is 12.9. The number of nitrogens with zero attached hydrogens (tertiary/aromatic N) is 4. The summed E-state index contributed by atoms with van der Waals surface area (Å²) in [5, 5.41) is 14.6. The van der Waals surface area contributed by atoms with E-state index in [1.165, 1.54) is 18.9 Å². The Morgan fingerprint density at radius 3 is 3.06 bits per heavy atom. The highest BCUT2D eigenvalue weighted by atomic mass is 32.2. The highest BCUT2D eigenvalue weighted by molar-refractivity contribution is 8.00. The first-order valence-electron chi connectivity index (χ1n) is 4.84. The molecule has 1 heterocycles. The van der Waals surface area contributed by atoms with Gasteiger partial charge in [0, 0.05) is 6.54 Å². The quantitative estimate of drug-likeness (QED) is 0.536. The van der Waals surface area contributed by atoms with Crippen molar-refractivity contribution < 1.29 is 9.53 Å². The molecule has 0 spiro atoms. The number of thioether (sulfide) groups is 1. The van der Waals surface area contributed by atoms with E-state index in [-0.39, 0.29) is 11.2 Å². The molecule has 0 fully saturated rings. The zero-order chi connectivity index (χ0) is 12.0. The minimum Gasteiger partial charge on any atom is -0.468 e. The second-order valence-electron chi connectivity index (χ2n) is 3.07. The summed E-state index contributed by atoms with van der Waals surface area (Å²) in [6, 6.07) is 0. The Balaban J connectivity index is 2.59. The van der Waals surface area contributed by atoms with Gasteiger partial charge in [-0.2, -0.15) is 0 Å². The van der Waals surface area contributed by atoms with Crippen molar-refractivity contribution in [3.8, 4) is 0 Å². The summed E-state index contributed by atoms with van der Waals surface area (Å²) in [5.41, 5.74) is 0. The molecule has 16 heavy (non-hydrogen) atoms. The number of rotatable bonds is 6. The van der Waals surface area contributed by atoms with Gasteiger partial charge in [-0.15, -0.1) is 5.10 Å². The molecule has 90 valence electrons. The Labute approximate surface area is 97.9 Å². The zero-order valence-electron chi connectivity index (χ0n) is 9.51. The number of esters is 1. The lowest BCUT2D eigenvalue weighted by molar-refractivity contribution is -0.139. The SMILES string of the molecule is CNCCn1nnnc1SC(C)C(=O)OC. The Bertz CT molecular complexity index is 343. The number of carbonyl (C=O) groups excluding carboxylic acids is 1. The van der Waals surface area contributed by atoms with Crippen molar-refractivity contribution in [3.63, 3.8) is 0 Å². The summed E-state index contributed by atoms with van der Waals surface area (Å²) in [6.45, 7) is 3.19. The van der Waals surface area contributed by atoms with E-state index in [0.29, 0.717) is 11.7 Å². The Morgan fingerprint density at radius 1 is 1.69 bits per heavy atom. The van der Waals surface area contributed by atoms with Crippen LogP contribution in [0, 0.1) is 0 Å². The lowest BCUT2D eigenvalue weighted by atomic mass is 10.5. The number of hydrogen-bond donors (Lipinski definition) is 1. The van der Waals surface area contributed by atoms with Crippen LogP contribution in [0.25, 0.3) is 0 Å². The lowest BCUT2D eigenvalue weighted by Crippen LogP contribution is -2.19. The number of likely N-dealkylation sites (N-methyl/N-ethyl adjacent to an activating group) is 1. The van der Waals surface area contributed by atoms with E-state index in [1.807, 2.05) is 7.05 Å². The lowest BCUT2D eigenvalue weighted by Gasteiger charge is -2.08. The summed E-state index contributed by atoms with van der Waals surface area (Å²) in [6.07, 6.45) is 0. The van der Waals surface area contributed by atoms with Gasteiger partial charge in [-0.1, -0.05) is 11.8 Å². The molecule has 0 saturated carbocycles. The van der Waals surface area contributed by atoms with Gasteiger partial charge in [-0.3, -0.25) is 4.79 Å². The van der Waals surface area contributed by atoms with Crippen LogP contribution in [0.2, 0.25) is 0 Å². The van der Waals surface area contributed by atoms with Crippen molar-refractivity contribution in [2.45, 2.75) is 23.9 Å². The monoisotopic (exact) mass is 245 g/mol. The molecule has 1 rings (SSSR count). The summed E-state index contributed by atoms with van der Waals surface area (Å²) >= 11 is 1.28. The van der Waals surface area contributed by atoms with Crippen molar-refractivity contribution in [1.82, 2.24) is 25.5 Å². The van der Waals surface area contributed by atoms with Gasteiger partial charge in [0.05, 0.1) is 13.7 Å². The molecule has 8 heteroatoms. The number of hydrogen-bond acceptors (Lipinski definition) is 7. The largest absolute Gasteiger partial charge is 0.468 e. The van der Waals surface area contributed by atoms with E-state index >= 15 is 0 Å². The smallest absolute Gasteiger partial charge is 0.318 e. The molecule has 1 N–H and O–H groups in total. The predicted molar refractivity (Wildman–Crippen MR) is 59.1 cm³/mol. The molecule has 0 aromatic carbocycles. The van der Waals surface area contributed by atoms with Crippen LogP contribution in [0.4, 0.5) is 0 Å². The fourth-order valence-corrected chi connectivity index (χ4v) is 1.85. The van der Waals surface area contributed by atoms with Crippen LogP contribution in [0.1, 0.15) is 6.92 Å². The van der Waals surface area contributed by atoms with Gasteiger partial charge in [-0.25, -0.2) is 4.68 Å². The maximum absolute atomic E-state index is 11.2. The van der Waals surface area contributed by atoms with Crippen molar-refractivity contribution in [1.29, 1.82) is 0 Å². The van der Waals surface area contributed by atoms with Crippen LogP contribution in [-0.4, -0.2) is 52.1 Å². The minimum absolute atomic E-state index is 0.284.